The van der Waals surface area contributed by atoms with Crippen LogP contribution in [-0.2, 0) is 10.0 Å². The highest BCUT2D eigenvalue weighted by atomic mass is 32.2. The van der Waals surface area contributed by atoms with Crippen LogP contribution in [0.2, 0.25) is 0 Å². The van der Waals surface area contributed by atoms with Crippen molar-refractivity contribution in [2.24, 2.45) is 16.8 Å². The molecule has 2 fully saturated rings. The lowest BCUT2D eigenvalue weighted by Gasteiger charge is -2.29. The first-order valence-corrected chi connectivity index (χ1v) is 11.1. The Hall–Kier alpha value is -0.820. The summed E-state index contributed by atoms with van der Waals surface area (Å²) in [6.45, 7) is 3.23. The van der Waals surface area contributed by atoms with Gasteiger partial charge < -0.3 is 10.6 Å². The topological polar surface area (TPSA) is 82.6 Å². The van der Waals surface area contributed by atoms with Gasteiger partial charge in [-0.15, -0.1) is 0 Å². The van der Waals surface area contributed by atoms with Gasteiger partial charge >= 0.3 is 0 Å². The summed E-state index contributed by atoms with van der Waals surface area (Å²) in [7, 11) is -1.46. The molecule has 3 N–H and O–H groups in total. The SMILES string of the molecule is CCC1CCC(NC(=NC)NCCS(=O)(=O)NCC2CCC2)CC1. The molecular weight excluding hydrogens is 324 g/mol. The van der Waals surface area contributed by atoms with E-state index in [-0.39, 0.29) is 5.75 Å². The van der Waals surface area contributed by atoms with Crippen LogP contribution in [0.4, 0.5) is 0 Å². The molecule has 24 heavy (non-hydrogen) atoms. The molecule has 2 rings (SSSR count). The summed E-state index contributed by atoms with van der Waals surface area (Å²) in [6, 6.07) is 0.451. The van der Waals surface area contributed by atoms with Gasteiger partial charge in [-0.05, 0) is 50.4 Å². The molecule has 0 aliphatic heterocycles. The molecular formula is C17H34N4O2S. The first-order chi connectivity index (χ1) is 11.5. The van der Waals surface area contributed by atoms with Gasteiger partial charge in [0.05, 0.1) is 5.75 Å². The molecule has 0 spiro atoms. The number of hydrogen-bond donors (Lipinski definition) is 3. The van der Waals surface area contributed by atoms with Crippen molar-refractivity contribution in [3.8, 4) is 0 Å². The van der Waals surface area contributed by atoms with Crippen LogP contribution in [0.3, 0.4) is 0 Å². The van der Waals surface area contributed by atoms with Crippen LogP contribution < -0.4 is 15.4 Å². The van der Waals surface area contributed by atoms with Gasteiger partial charge in [-0.1, -0.05) is 19.8 Å². The molecule has 2 aliphatic carbocycles. The van der Waals surface area contributed by atoms with Gasteiger partial charge in [0, 0.05) is 26.2 Å². The third-order valence-electron chi connectivity index (χ3n) is 5.47. The number of sulfonamides is 1. The van der Waals surface area contributed by atoms with Crippen molar-refractivity contribution < 1.29 is 8.42 Å². The van der Waals surface area contributed by atoms with E-state index >= 15 is 0 Å². The Kier molecular flexibility index (Phi) is 7.81. The van der Waals surface area contributed by atoms with Crippen molar-refractivity contribution in [2.75, 3.05) is 25.9 Å². The second-order valence-corrected chi connectivity index (χ2v) is 9.16. The molecule has 0 amide bonds. The molecule has 7 heteroatoms. The number of nitrogens with one attached hydrogen (secondary N) is 3. The van der Waals surface area contributed by atoms with E-state index < -0.39 is 10.0 Å². The summed E-state index contributed by atoms with van der Waals surface area (Å²) in [6.07, 6.45) is 9.67. The molecule has 0 unspecified atom stereocenters. The quantitative estimate of drug-likeness (QED) is 0.457. The van der Waals surface area contributed by atoms with Crippen molar-refractivity contribution in [1.82, 2.24) is 15.4 Å². The first kappa shape index (κ1) is 19.5. The van der Waals surface area contributed by atoms with Crippen molar-refractivity contribution in [2.45, 2.75) is 64.3 Å². The van der Waals surface area contributed by atoms with Crippen LogP contribution >= 0.6 is 0 Å². The molecule has 6 nitrogen and oxygen atoms in total. The smallest absolute Gasteiger partial charge is 0.213 e. The molecule has 140 valence electrons. The summed E-state index contributed by atoms with van der Waals surface area (Å²) in [5.74, 6) is 2.21. The molecule has 0 saturated heterocycles. The fourth-order valence-electron chi connectivity index (χ4n) is 3.42. The van der Waals surface area contributed by atoms with E-state index in [1.807, 2.05) is 0 Å². The molecule has 0 radical (unpaired) electrons. The van der Waals surface area contributed by atoms with Crippen LogP contribution in [0, 0.1) is 11.8 Å². The Morgan fingerprint density at radius 3 is 2.33 bits per heavy atom. The van der Waals surface area contributed by atoms with E-state index in [1.54, 1.807) is 7.05 Å². The second-order valence-electron chi connectivity index (χ2n) is 7.23. The third kappa shape index (κ3) is 6.59. The molecule has 2 aliphatic rings. The molecule has 0 aromatic rings. The molecule has 2 saturated carbocycles. The van der Waals surface area contributed by atoms with Gasteiger partial charge in [-0.3, -0.25) is 4.99 Å². The second kappa shape index (κ2) is 9.61. The summed E-state index contributed by atoms with van der Waals surface area (Å²) in [5, 5.41) is 6.56. The highest BCUT2D eigenvalue weighted by Crippen LogP contribution is 2.26. The van der Waals surface area contributed by atoms with Crippen molar-refractivity contribution in [1.29, 1.82) is 0 Å². The summed E-state index contributed by atoms with van der Waals surface area (Å²) in [5.41, 5.74) is 0. The molecule has 0 aromatic heterocycles. The molecule has 0 atom stereocenters. The van der Waals surface area contributed by atoms with E-state index in [2.05, 4.69) is 27.3 Å². The number of rotatable bonds is 8. The van der Waals surface area contributed by atoms with Gasteiger partial charge in [-0.2, -0.15) is 0 Å². The minimum absolute atomic E-state index is 0.0863. The van der Waals surface area contributed by atoms with E-state index in [9.17, 15) is 8.42 Å². The zero-order valence-electron chi connectivity index (χ0n) is 15.2. The minimum Gasteiger partial charge on any atom is -0.355 e. The summed E-state index contributed by atoms with van der Waals surface area (Å²) >= 11 is 0. The standard InChI is InChI=1S/C17H34N4O2S/c1-3-14-7-9-16(10-8-14)21-17(18-2)19-11-12-24(22,23)20-13-15-5-4-6-15/h14-16,20H,3-13H2,1-2H3,(H2,18,19,21). The summed E-state index contributed by atoms with van der Waals surface area (Å²) < 4.78 is 26.7. The highest BCUT2D eigenvalue weighted by Gasteiger charge is 2.21. The van der Waals surface area contributed by atoms with Gasteiger partial charge in [0.2, 0.25) is 10.0 Å². The number of hydrogen-bond acceptors (Lipinski definition) is 3. The monoisotopic (exact) mass is 358 g/mol. The van der Waals surface area contributed by atoms with E-state index in [4.69, 9.17) is 0 Å². The maximum atomic E-state index is 12.0. The minimum atomic E-state index is -3.20. The molecule has 0 heterocycles. The van der Waals surface area contributed by atoms with Crippen LogP contribution in [0.25, 0.3) is 0 Å². The third-order valence-corrected chi connectivity index (χ3v) is 6.82. The normalized spacial score (nSPS) is 26.0. The maximum absolute atomic E-state index is 12.0. The molecule has 0 aromatic carbocycles. The van der Waals surface area contributed by atoms with E-state index in [1.165, 1.54) is 38.5 Å². The lowest BCUT2D eigenvalue weighted by Crippen LogP contribution is -2.46. The summed E-state index contributed by atoms with van der Waals surface area (Å²) in [4.78, 5) is 4.22. The van der Waals surface area contributed by atoms with Gasteiger partial charge in [0.1, 0.15) is 0 Å². The Bertz CT molecular complexity index is 495. The number of guanidine groups is 1. The Balaban J connectivity index is 1.64. The highest BCUT2D eigenvalue weighted by molar-refractivity contribution is 7.89. The average Bonchev–Trinajstić information content (AvgIpc) is 2.52. The Morgan fingerprint density at radius 2 is 1.79 bits per heavy atom. The first-order valence-electron chi connectivity index (χ1n) is 9.47. The van der Waals surface area contributed by atoms with Crippen LogP contribution in [0.5, 0.6) is 0 Å². The van der Waals surface area contributed by atoms with Crippen LogP contribution in [0.1, 0.15) is 58.3 Å². The number of aliphatic imine (C=N–C) groups is 1. The van der Waals surface area contributed by atoms with E-state index in [0.29, 0.717) is 31.0 Å². The lowest BCUT2D eigenvalue weighted by atomic mass is 9.84. The van der Waals surface area contributed by atoms with Crippen LogP contribution in [0.15, 0.2) is 4.99 Å². The van der Waals surface area contributed by atoms with Gasteiger partial charge in [0.15, 0.2) is 5.96 Å². The fraction of sp³-hybridized carbons (Fsp3) is 0.941. The predicted molar refractivity (Wildman–Crippen MR) is 99.7 cm³/mol. The Morgan fingerprint density at radius 1 is 1.08 bits per heavy atom. The zero-order chi connectivity index (χ0) is 17.4. The van der Waals surface area contributed by atoms with Crippen LogP contribution in [-0.4, -0.2) is 46.3 Å². The molecule has 0 bridgehead atoms. The Labute approximate surface area is 147 Å². The zero-order valence-corrected chi connectivity index (χ0v) is 16.0. The van der Waals surface area contributed by atoms with Gasteiger partial charge in [-0.25, -0.2) is 13.1 Å². The average molecular weight is 359 g/mol. The maximum Gasteiger partial charge on any atom is 0.213 e. The van der Waals surface area contributed by atoms with Crippen molar-refractivity contribution in [3.63, 3.8) is 0 Å². The van der Waals surface area contributed by atoms with E-state index in [0.717, 1.165) is 18.8 Å². The fourth-order valence-corrected chi connectivity index (χ4v) is 4.43. The van der Waals surface area contributed by atoms with Crippen molar-refractivity contribution in [3.05, 3.63) is 0 Å². The lowest BCUT2D eigenvalue weighted by molar-refractivity contribution is 0.304. The van der Waals surface area contributed by atoms with Gasteiger partial charge in [0.25, 0.3) is 0 Å². The van der Waals surface area contributed by atoms with Crippen molar-refractivity contribution >= 4 is 16.0 Å². The predicted octanol–water partition coefficient (Wildman–Crippen LogP) is 1.84. The largest absolute Gasteiger partial charge is 0.355 e. The number of nitrogens with zero attached hydrogens (tertiary/aromatic N) is 1.